The smallest absolute Gasteiger partial charge is 0.243 e. The lowest BCUT2D eigenvalue weighted by Crippen LogP contribution is -2.36. The molecule has 2 amide bonds. The summed E-state index contributed by atoms with van der Waals surface area (Å²) in [5.74, 6) is 0.646. The van der Waals surface area contributed by atoms with Crippen molar-refractivity contribution in [2.75, 3.05) is 31.1 Å². The number of methoxy groups -OCH3 is 2. The van der Waals surface area contributed by atoms with Crippen molar-refractivity contribution in [3.05, 3.63) is 76.3 Å². The summed E-state index contributed by atoms with van der Waals surface area (Å²) in [4.78, 5) is 27.0. The molecular weight excluding hydrogens is 505 g/mol. The minimum Gasteiger partial charge on any atom is -0.497 e. The third-order valence-corrected chi connectivity index (χ3v) is 6.51. The molecule has 1 atom stereocenters. The molecule has 1 aliphatic rings. The van der Waals surface area contributed by atoms with E-state index < -0.39 is 5.92 Å². The maximum absolute atomic E-state index is 12.9. The zero-order valence-electron chi connectivity index (χ0n) is 19.7. The molecule has 1 fully saturated rings. The van der Waals surface area contributed by atoms with E-state index in [4.69, 9.17) is 37.4 Å². The molecular formula is C26H25Cl2N3O5. The van der Waals surface area contributed by atoms with Crippen LogP contribution < -0.4 is 30.0 Å². The summed E-state index contributed by atoms with van der Waals surface area (Å²) < 4.78 is 16.6. The van der Waals surface area contributed by atoms with Gasteiger partial charge in [0.1, 0.15) is 12.4 Å². The number of nitrogens with zero attached hydrogens (tertiary/aromatic N) is 1. The largest absolute Gasteiger partial charge is 0.497 e. The predicted molar refractivity (Wildman–Crippen MR) is 139 cm³/mol. The lowest BCUT2D eigenvalue weighted by atomic mass is 10.1. The molecule has 2 N–H and O–H groups in total. The van der Waals surface area contributed by atoms with Crippen molar-refractivity contribution in [3.8, 4) is 17.2 Å². The average molecular weight is 530 g/mol. The van der Waals surface area contributed by atoms with Gasteiger partial charge in [-0.1, -0.05) is 35.3 Å². The van der Waals surface area contributed by atoms with Crippen LogP contribution in [0.5, 0.6) is 17.2 Å². The summed E-state index contributed by atoms with van der Waals surface area (Å²) in [6.45, 7) is 0.477. The first-order valence-electron chi connectivity index (χ1n) is 11.1. The summed E-state index contributed by atoms with van der Waals surface area (Å²) in [7, 11) is 3.11. The van der Waals surface area contributed by atoms with E-state index in [1.807, 2.05) is 6.07 Å². The topological polar surface area (TPSA) is 89.1 Å². The second-order valence-corrected chi connectivity index (χ2v) is 8.91. The Balaban J connectivity index is 1.41. The van der Waals surface area contributed by atoms with E-state index in [2.05, 4.69) is 10.9 Å². The summed E-state index contributed by atoms with van der Waals surface area (Å²) >= 11 is 12.1. The molecule has 0 saturated carbocycles. The number of carbonyl (C=O) groups is 2. The Morgan fingerprint density at radius 2 is 1.81 bits per heavy atom. The number of anilines is 2. The summed E-state index contributed by atoms with van der Waals surface area (Å²) in [5, 5.41) is 0.886. The Kier molecular flexibility index (Phi) is 8.07. The number of carbonyl (C=O) groups excluding carboxylic acids is 2. The number of halogens is 2. The Morgan fingerprint density at radius 1 is 1.03 bits per heavy atom. The van der Waals surface area contributed by atoms with Crippen molar-refractivity contribution < 1.29 is 23.8 Å². The van der Waals surface area contributed by atoms with Gasteiger partial charge in [0, 0.05) is 18.7 Å². The number of amides is 2. The number of nitrogens with one attached hydrogen (secondary N) is 2. The van der Waals surface area contributed by atoms with Crippen molar-refractivity contribution >= 4 is 46.4 Å². The second-order valence-electron chi connectivity index (χ2n) is 8.09. The highest BCUT2D eigenvalue weighted by molar-refractivity contribution is 6.42. The van der Waals surface area contributed by atoms with Crippen LogP contribution in [0.1, 0.15) is 12.0 Å². The van der Waals surface area contributed by atoms with E-state index in [1.165, 1.54) is 7.11 Å². The number of ether oxygens (including phenoxy) is 3. The minimum absolute atomic E-state index is 0.109. The standard InChI is InChI=1S/C26H25Cl2N3O5/c1-34-19-9-7-18(8-10-19)31-14-17(13-24(31)32)26(33)30-29-22-4-3-5-23(35-2)25(22)36-15-16-6-11-20(27)21(28)12-16/h3-12,17,29H,13-15H2,1-2H3,(H,30,33)/t17-/m0/s1. The molecule has 1 saturated heterocycles. The molecule has 1 aliphatic heterocycles. The molecule has 188 valence electrons. The van der Waals surface area contributed by atoms with Gasteiger partial charge in [-0.15, -0.1) is 0 Å². The van der Waals surface area contributed by atoms with Gasteiger partial charge in [0.25, 0.3) is 0 Å². The fourth-order valence-electron chi connectivity index (χ4n) is 3.83. The zero-order valence-corrected chi connectivity index (χ0v) is 21.2. The van der Waals surface area contributed by atoms with Crippen LogP contribution in [-0.4, -0.2) is 32.6 Å². The van der Waals surface area contributed by atoms with Gasteiger partial charge in [-0.05, 0) is 54.1 Å². The van der Waals surface area contributed by atoms with Crippen LogP contribution in [0.2, 0.25) is 10.0 Å². The molecule has 36 heavy (non-hydrogen) atoms. The molecule has 3 aromatic rings. The molecule has 0 unspecified atom stereocenters. The number of hydrazine groups is 1. The van der Waals surface area contributed by atoms with E-state index >= 15 is 0 Å². The van der Waals surface area contributed by atoms with Crippen molar-refractivity contribution in [3.63, 3.8) is 0 Å². The van der Waals surface area contributed by atoms with Crippen LogP contribution in [0.4, 0.5) is 11.4 Å². The van der Waals surface area contributed by atoms with E-state index in [-0.39, 0.29) is 31.4 Å². The highest BCUT2D eigenvalue weighted by Gasteiger charge is 2.35. The van der Waals surface area contributed by atoms with E-state index in [0.29, 0.717) is 33.0 Å². The minimum atomic E-state index is -0.515. The van der Waals surface area contributed by atoms with Gasteiger partial charge in [-0.3, -0.25) is 20.4 Å². The van der Waals surface area contributed by atoms with Crippen molar-refractivity contribution in [2.24, 2.45) is 5.92 Å². The second kappa shape index (κ2) is 11.4. The third-order valence-electron chi connectivity index (χ3n) is 5.77. The monoisotopic (exact) mass is 529 g/mol. The van der Waals surface area contributed by atoms with Gasteiger partial charge in [0.05, 0.1) is 35.9 Å². The van der Waals surface area contributed by atoms with Crippen LogP contribution >= 0.6 is 23.2 Å². The highest BCUT2D eigenvalue weighted by Crippen LogP contribution is 2.36. The lowest BCUT2D eigenvalue weighted by molar-refractivity contribution is -0.125. The predicted octanol–water partition coefficient (Wildman–Crippen LogP) is 5.09. The summed E-state index contributed by atoms with van der Waals surface area (Å²) in [6.07, 6.45) is 0.109. The molecule has 3 aromatic carbocycles. The van der Waals surface area contributed by atoms with E-state index in [9.17, 15) is 9.59 Å². The van der Waals surface area contributed by atoms with Crippen molar-refractivity contribution in [1.29, 1.82) is 0 Å². The zero-order chi connectivity index (χ0) is 25.7. The number of hydrogen-bond donors (Lipinski definition) is 2. The number of hydrogen-bond acceptors (Lipinski definition) is 6. The molecule has 8 nitrogen and oxygen atoms in total. The first-order valence-corrected chi connectivity index (χ1v) is 11.9. The van der Waals surface area contributed by atoms with Crippen LogP contribution in [0.3, 0.4) is 0 Å². The first-order chi connectivity index (χ1) is 17.4. The van der Waals surface area contributed by atoms with Gasteiger partial charge >= 0.3 is 0 Å². The van der Waals surface area contributed by atoms with E-state index in [0.717, 1.165) is 11.3 Å². The van der Waals surface area contributed by atoms with Crippen molar-refractivity contribution in [2.45, 2.75) is 13.0 Å². The fourth-order valence-corrected chi connectivity index (χ4v) is 4.16. The summed E-state index contributed by atoms with van der Waals surface area (Å²) in [6, 6.07) is 17.6. The SMILES string of the molecule is COc1ccc(N2C[C@@H](C(=O)NNc3cccc(OC)c3OCc3ccc(Cl)c(Cl)c3)CC2=O)cc1. The number of para-hydroxylation sites is 1. The third kappa shape index (κ3) is 5.78. The highest BCUT2D eigenvalue weighted by atomic mass is 35.5. The Labute approximate surface area is 219 Å². The van der Waals surface area contributed by atoms with E-state index in [1.54, 1.807) is 66.6 Å². The first kappa shape index (κ1) is 25.5. The molecule has 0 aliphatic carbocycles. The van der Waals surface area contributed by atoms with Gasteiger partial charge in [-0.25, -0.2) is 0 Å². The molecule has 1 heterocycles. The van der Waals surface area contributed by atoms with Gasteiger partial charge in [0.15, 0.2) is 11.5 Å². The van der Waals surface area contributed by atoms with Gasteiger partial charge < -0.3 is 19.1 Å². The quantitative estimate of drug-likeness (QED) is 0.375. The van der Waals surface area contributed by atoms with Crippen LogP contribution in [0.25, 0.3) is 0 Å². The molecule has 10 heteroatoms. The molecule has 4 rings (SSSR count). The molecule has 0 aromatic heterocycles. The Bertz CT molecular complexity index is 1250. The molecule has 0 radical (unpaired) electrons. The lowest BCUT2D eigenvalue weighted by Gasteiger charge is -2.19. The molecule has 0 bridgehead atoms. The van der Waals surface area contributed by atoms with Gasteiger partial charge in [-0.2, -0.15) is 0 Å². The summed E-state index contributed by atoms with van der Waals surface area (Å²) in [5.41, 5.74) is 7.63. The Hall–Kier alpha value is -3.62. The van der Waals surface area contributed by atoms with Crippen molar-refractivity contribution in [1.82, 2.24) is 5.43 Å². The van der Waals surface area contributed by atoms with Crippen LogP contribution in [0, 0.1) is 5.92 Å². The normalized spacial score (nSPS) is 14.9. The average Bonchev–Trinajstić information content (AvgIpc) is 3.29. The number of benzene rings is 3. The van der Waals surface area contributed by atoms with Gasteiger partial charge in [0.2, 0.25) is 11.8 Å². The Morgan fingerprint density at radius 3 is 2.50 bits per heavy atom. The maximum atomic E-state index is 12.9. The van der Waals surface area contributed by atoms with Crippen LogP contribution in [0.15, 0.2) is 60.7 Å². The number of rotatable bonds is 9. The maximum Gasteiger partial charge on any atom is 0.243 e. The van der Waals surface area contributed by atoms with Crippen LogP contribution in [-0.2, 0) is 16.2 Å². The molecule has 0 spiro atoms. The fraction of sp³-hybridized carbons (Fsp3) is 0.231.